The van der Waals surface area contributed by atoms with E-state index in [1.807, 2.05) is 0 Å². The first-order valence-electron chi connectivity index (χ1n) is 6.66. The number of imide groups is 1. The van der Waals surface area contributed by atoms with Gasteiger partial charge in [-0.3, -0.25) is 14.5 Å². The van der Waals surface area contributed by atoms with E-state index < -0.39 is 29.5 Å². The van der Waals surface area contributed by atoms with E-state index >= 15 is 0 Å². The van der Waals surface area contributed by atoms with E-state index in [0.717, 1.165) is 4.90 Å². The van der Waals surface area contributed by atoms with Gasteiger partial charge >= 0.3 is 12.0 Å². The molecule has 1 aliphatic carbocycles. The van der Waals surface area contributed by atoms with Gasteiger partial charge in [0.25, 0.3) is 0 Å². The van der Waals surface area contributed by atoms with Gasteiger partial charge < -0.3 is 19.1 Å². The Bertz CT molecular complexity index is 462. The predicted molar refractivity (Wildman–Crippen MR) is 70.1 cm³/mol. The summed E-state index contributed by atoms with van der Waals surface area (Å²) in [4.78, 5) is 39.0. The van der Waals surface area contributed by atoms with Crippen molar-refractivity contribution < 1.29 is 28.6 Å². The summed E-state index contributed by atoms with van der Waals surface area (Å²) in [5, 5.41) is 0. The highest BCUT2D eigenvalue weighted by Crippen LogP contribution is 2.48. The Morgan fingerprint density at radius 2 is 1.81 bits per heavy atom. The second kappa shape index (κ2) is 5.61. The van der Waals surface area contributed by atoms with Gasteiger partial charge in [0.05, 0.1) is 13.0 Å². The van der Waals surface area contributed by atoms with Crippen LogP contribution in [-0.2, 0) is 23.8 Å². The summed E-state index contributed by atoms with van der Waals surface area (Å²) in [6.45, 7) is 0.759. The summed E-state index contributed by atoms with van der Waals surface area (Å²) >= 11 is 0. The van der Waals surface area contributed by atoms with Crippen LogP contribution in [0.4, 0.5) is 4.79 Å². The third-order valence-electron chi connectivity index (χ3n) is 4.32. The fraction of sp³-hybridized carbons (Fsp3) is 0.769. The van der Waals surface area contributed by atoms with E-state index in [-0.39, 0.29) is 12.5 Å². The van der Waals surface area contributed by atoms with Crippen molar-refractivity contribution in [2.45, 2.75) is 12.2 Å². The molecule has 2 unspecified atom stereocenters. The molecule has 0 radical (unpaired) electrons. The van der Waals surface area contributed by atoms with E-state index in [9.17, 15) is 14.4 Å². The maximum atomic E-state index is 12.7. The number of hydrogen-bond donors (Lipinski definition) is 0. The van der Waals surface area contributed by atoms with Gasteiger partial charge in [0, 0.05) is 40.8 Å². The third kappa shape index (κ3) is 2.28. The average Bonchev–Trinajstić information content (AvgIpc) is 2.79. The topological polar surface area (TPSA) is 85.4 Å². The van der Waals surface area contributed by atoms with Crippen LogP contribution >= 0.6 is 0 Å². The second-order valence-electron chi connectivity index (χ2n) is 5.23. The number of esters is 1. The molecule has 0 spiro atoms. The average molecular weight is 300 g/mol. The fourth-order valence-electron chi connectivity index (χ4n) is 2.95. The molecule has 2 atom stereocenters. The first-order chi connectivity index (χ1) is 9.91. The molecule has 2 aliphatic rings. The highest BCUT2D eigenvalue weighted by molar-refractivity contribution is 5.99. The van der Waals surface area contributed by atoms with Crippen molar-refractivity contribution in [2.24, 2.45) is 11.8 Å². The summed E-state index contributed by atoms with van der Waals surface area (Å²) in [5.41, 5.74) is 0. The molecule has 1 saturated carbocycles. The molecule has 1 saturated heterocycles. The standard InChI is InChI=1S/C13H20N2O6/c1-14-5-6-15(12(14)18)10(16)9-8(11(17)19-2)7-13(9,20-3)21-4/h8-9H,5-7H2,1-4H3. The molecule has 3 amide bonds. The van der Waals surface area contributed by atoms with Crippen molar-refractivity contribution >= 4 is 17.9 Å². The largest absolute Gasteiger partial charge is 0.469 e. The Morgan fingerprint density at radius 1 is 1.19 bits per heavy atom. The van der Waals surface area contributed by atoms with Gasteiger partial charge in [-0.15, -0.1) is 0 Å². The van der Waals surface area contributed by atoms with Gasteiger partial charge in [0.2, 0.25) is 5.91 Å². The minimum absolute atomic E-state index is 0.223. The lowest BCUT2D eigenvalue weighted by Gasteiger charge is -2.50. The molecule has 1 heterocycles. The van der Waals surface area contributed by atoms with Gasteiger partial charge in [0.1, 0.15) is 5.92 Å². The number of urea groups is 1. The van der Waals surface area contributed by atoms with Crippen LogP contribution in [0.15, 0.2) is 0 Å². The normalized spacial score (nSPS) is 27.5. The van der Waals surface area contributed by atoms with E-state index in [1.54, 1.807) is 7.05 Å². The summed E-state index contributed by atoms with van der Waals surface area (Å²) in [7, 11) is 5.71. The van der Waals surface area contributed by atoms with Crippen molar-refractivity contribution in [1.82, 2.24) is 9.80 Å². The molecule has 21 heavy (non-hydrogen) atoms. The smallest absolute Gasteiger partial charge is 0.326 e. The molecule has 0 bridgehead atoms. The monoisotopic (exact) mass is 300 g/mol. The van der Waals surface area contributed by atoms with Crippen LogP contribution in [0.5, 0.6) is 0 Å². The third-order valence-corrected chi connectivity index (χ3v) is 4.32. The Kier molecular flexibility index (Phi) is 4.20. The molecular formula is C13H20N2O6. The number of ether oxygens (including phenoxy) is 3. The minimum Gasteiger partial charge on any atom is -0.469 e. The Morgan fingerprint density at radius 3 is 2.24 bits per heavy atom. The van der Waals surface area contributed by atoms with Gasteiger partial charge in [-0.1, -0.05) is 0 Å². The minimum atomic E-state index is -1.18. The SMILES string of the molecule is COC(=O)C1CC(OC)(OC)C1C(=O)N1CCN(C)C1=O. The van der Waals surface area contributed by atoms with Crippen LogP contribution in [0.3, 0.4) is 0 Å². The Balaban J connectivity index is 2.25. The zero-order chi connectivity index (χ0) is 15.8. The number of likely N-dealkylation sites (N-methyl/N-ethyl adjacent to an activating group) is 1. The summed E-state index contributed by atoms with van der Waals surface area (Å²) < 4.78 is 15.3. The van der Waals surface area contributed by atoms with Crippen molar-refractivity contribution in [3.05, 3.63) is 0 Å². The molecule has 0 aromatic heterocycles. The van der Waals surface area contributed by atoms with E-state index in [1.165, 1.54) is 26.2 Å². The van der Waals surface area contributed by atoms with E-state index in [4.69, 9.17) is 14.2 Å². The molecule has 8 heteroatoms. The lowest BCUT2D eigenvalue weighted by molar-refractivity contribution is -0.301. The number of nitrogens with zero attached hydrogens (tertiary/aromatic N) is 2. The van der Waals surface area contributed by atoms with Gasteiger partial charge in [-0.2, -0.15) is 0 Å². The van der Waals surface area contributed by atoms with Crippen LogP contribution < -0.4 is 0 Å². The van der Waals surface area contributed by atoms with Crippen LogP contribution in [0.2, 0.25) is 0 Å². The first-order valence-corrected chi connectivity index (χ1v) is 6.66. The summed E-state index contributed by atoms with van der Waals surface area (Å²) in [5.74, 6) is -3.69. The molecule has 0 aromatic rings. The number of carbonyl (C=O) groups excluding carboxylic acids is 3. The van der Waals surface area contributed by atoms with Crippen molar-refractivity contribution in [3.8, 4) is 0 Å². The van der Waals surface area contributed by atoms with Crippen LogP contribution in [0, 0.1) is 11.8 Å². The van der Waals surface area contributed by atoms with E-state index in [2.05, 4.69) is 0 Å². The maximum absolute atomic E-state index is 12.7. The lowest BCUT2D eigenvalue weighted by Crippen LogP contribution is -2.65. The predicted octanol–water partition coefficient (Wildman–Crippen LogP) is -0.321. The molecule has 8 nitrogen and oxygen atoms in total. The van der Waals surface area contributed by atoms with E-state index in [0.29, 0.717) is 13.1 Å². The Labute approximate surface area is 122 Å². The number of hydrogen-bond acceptors (Lipinski definition) is 6. The summed E-state index contributed by atoms with van der Waals surface area (Å²) in [6.07, 6.45) is 0.223. The molecule has 1 aliphatic heterocycles. The zero-order valence-corrected chi connectivity index (χ0v) is 12.6. The molecule has 0 N–H and O–H groups in total. The fourth-order valence-corrected chi connectivity index (χ4v) is 2.95. The molecular weight excluding hydrogens is 280 g/mol. The summed E-state index contributed by atoms with van der Waals surface area (Å²) in [6, 6.07) is -0.378. The van der Waals surface area contributed by atoms with Crippen molar-refractivity contribution in [2.75, 3.05) is 41.5 Å². The quantitative estimate of drug-likeness (QED) is 0.522. The number of amides is 3. The number of rotatable bonds is 4. The van der Waals surface area contributed by atoms with Gasteiger partial charge in [-0.25, -0.2) is 4.79 Å². The van der Waals surface area contributed by atoms with Crippen molar-refractivity contribution in [1.29, 1.82) is 0 Å². The van der Waals surface area contributed by atoms with Gasteiger partial charge in [0.15, 0.2) is 5.79 Å². The zero-order valence-electron chi connectivity index (χ0n) is 12.6. The maximum Gasteiger partial charge on any atom is 0.326 e. The first kappa shape index (κ1) is 15.7. The molecule has 0 aromatic carbocycles. The van der Waals surface area contributed by atoms with Crippen LogP contribution in [0.1, 0.15) is 6.42 Å². The molecule has 2 rings (SSSR count). The second-order valence-corrected chi connectivity index (χ2v) is 5.23. The van der Waals surface area contributed by atoms with Gasteiger partial charge in [-0.05, 0) is 0 Å². The molecule has 2 fully saturated rings. The Hall–Kier alpha value is -1.67. The van der Waals surface area contributed by atoms with Crippen LogP contribution in [-0.4, -0.2) is 75.0 Å². The van der Waals surface area contributed by atoms with Crippen molar-refractivity contribution in [3.63, 3.8) is 0 Å². The molecule has 118 valence electrons. The highest BCUT2D eigenvalue weighted by atomic mass is 16.7. The van der Waals surface area contributed by atoms with Crippen LogP contribution in [0.25, 0.3) is 0 Å². The highest BCUT2D eigenvalue weighted by Gasteiger charge is 2.63. The lowest BCUT2D eigenvalue weighted by atomic mass is 9.66. The number of carbonyl (C=O) groups is 3. The number of methoxy groups -OCH3 is 3.